The Morgan fingerprint density at radius 3 is 2.54 bits per heavy atom. The van der Waals surface area contributed by atoms with Crippen LogP contribution in [0, 0.1) is 0 Å². The summed E-state index contributed by atoms with van der Waals surface area (Å²) in [4.78, 5) is 0.822. The van der Waals surface area contributed by atoms with E-state index < -0.39 is 0 Å². The highest BCUT2D eigenvalue weighted by atomic mass is 32.1. The van der Waals surface area contributed by atoms with Gasteiger partial charge in [-0.25, -0.2) is 5.43 Å². The lowest BCUT2D eigenvalue weighted by atomic mass is 10.2. The molecule has 1 aromatic carbocycles. The molecule has 0 saturated heterocycles. The van der Waals surface area contributed by atoms with Crippen LogP contribution in [0.15, 0.2) is 30.3 Å². The number of nitrogens with zero attached hydrogens (tertiary/aromatic N) is 1. The van der Waals surface area contributed by atoms with Crippen molar-refractivity contribution < 1.29 is 0 Å². The van der Waals surface area contributed by atoms with Crippen LogP contribution in [0.2, 0.25) is 0 Å². The van der Waals surface area contributed by atoms with Crippen LogP contribution in [0.4, 0.5) is 0 Å². The van der Waals surface area contributed by atoms with Gasteiger partial charge in [0.2, 0.25) is 0 Å². The minimum atomic E-state index is 0.822. The summed E-state index contributed by atoms with van der Waals surface area (Å²) in [5.74, 6) is 0. The summed E-state index contributed by atoms with van der Waals surface area (Å²) in [6, 6.07) is 9.98. The molecule has 0 aliphatic rings. The van der Waals surface area contributed by atoms with E-state index in [0.717, 1.165) is 17.1 Å². The maximum Gasteiger partial charge on any atom is 0.123 e. The fraction of sp³-hybridized carbons (Fsp3) is 0.300. The molecule has 0 heterocycles. The van der Waals surface area contributed by atoms with E-state index in [1.54, 1.807) is 0 Å². The van der Waals surface area contributed by atoms with Crippen molar-refractivity contribution in [3.63, 3.8) is 0 Å². The van der Waals surface area contributed by atoms with E-state index in [9.17, 15) is 0 Å². The highest BCUT2D eigenvalue weighted by molar-refractivity contribution is 7.80. The molecule has 0 radical (unpaired) electrons. The number of benzene rings is 1. The van der Waals surface area contributed by atoms with Crippen molar-refractivity contribution in [1.82, 2.24) is 10.4 Å². The third kappa shape index (κ3) is 2.79. The van der Waals surface area contributed by atoms with E-state index in [4.69, 9.17) is 12.2 Å². The van der Waals surface area contributed by atoms with Gasteiger partial charge in [-0.3, -0.25) is 0 Å². The van der Waals surface area contributed by atoms with Crippen molar-refractivity contribution >= 4 is 17.2 Å². The van der Waals surface area contributed by atoms with Crippen molar-refractivity contribution in [2.75, 3.05) is 13.6 Å². The zero-order valence-electron chi connectivity index (χ0n) is 7.95. The summed E-state index contributed by atoms with van der Waals surface area (Å²) < 4.78 is 0. The van der Waals surface area contributed by atoms with Gasteiger partial charge in [-0.2, -0.15) is 0 Å². The van der Waals surface area contributed by atoms with Gasteiger partial charge in [-0.1, -0.05) is 49.5 Å². The molecule has 70 valence electrons. The van der Waals surface area contributed by atoms with Crippen LogP contribution in [0.5, 0.6) is 0 Å². The van der Waals surface area contributed by atoms with Crippen LogP contribution in [0.25, 0.3) is 0 Å². The molecular formula is C10H14N2S. The van der Waals surface area contributed by atoms with Gasteiger partial charge in [-0.05, 0) is 0 Å². The standard InChI is InChI=1S/C10H14N2S/c1-3-11-12(2)10(13)9-7-5-4-6-8-9/h4-8,11H,3H2,1-2H3. The van der Waals surface area contributed by atoms with E-state index in [-0.39, 0.29) is 0 Å². The molecule has 1 N–H and O–H groups in total. The Bertz CT molecular complexity index is 272. The quantitative estimate of drug-likeness (QED) is 0.583. The Labute approximate surface area is 84.5 Å². The molecule has 0 bridgehead atoms. The molecule has 0 atom stereocenters. The summed E-state index contributed by atoms with van der Waals surface area (Å²) in [6.45, 7) is 2.92. The van der Waals surface area contributed by atoms with E-state index >= 15 is 0 Å². The van der Waals surface area contributed by atoms with Gasteiger partial charge < -0.3 is 5.01 Å². The summed E-state index contributed by atoms with van der Waals surface area (Å²) in [6.07, 6.45) is 0. The Morgan fingerprint density at radius 1 is 1.38 bits per heavy atom. The fourth-order valence-corrected chi connectivity index (χ4v) is 1.28. The number of hydrogen-bond donors (Lipinski definition) is 1. The first kappa shape index (κ1) is 10.2. The third-order valence-electron chi connectivity index (χ3n) is 1.72. The SMILES string of the molecule is CCNN(C)C(=S)c1ccccc1. The first-order valence-corrected chi connectivity index (χ1v) is 4.73. The van der Waals surface area contributed by atoms with Gasteiger partial charge in [0.05, 0.1) is 0 Å². The Kier molecular flexibility index (Phi) is 3.86. The van der Waals surface area contributed by atoms with Crippen molar-refractivity contribution in [3.05, 3.63) is 35.9 Å². The molecule has 3 heteroatoms. The average Bonchev–Trinajstić information content (AvgIpc) is 2.18. The molecule has 0 aliphatic carbocycles. The van der Waals surface area contributed by atoms with Gasteiger partial charge in [0.1, 0.15) is 4.99 Å². The molecule has 1 aromatic rings. The zero-order valence-corrected chi connectivity index (χ0v) is 8.77. The van der Waals surface area contributed by atoms with E-state index in [1.807, 2.05) is 49.3 Å². The molecule has 2 nitrogen and oxygen atoms in total. The second-order valence-electron chi connectivity index (χ2n) is 2.74. The van der Waals surface area contributed by atoms with Crippen LogP contribution in [0.1, 0.15) is 12.5 Å². The third-order valence-corrected chi connectivity index (χ3v) is 2.23. The highest BCUT2D eigenvalue weighted by Crippen LogP contribution is 2.02. The average molecular weight is 194 g/mol. The van der Waals surface area contributed by atoms with Gasteiger partial charge in [-0.15, -0.1) is 0 Å². The van der Waals surface area contributed by atoms with E-state index in [0.29, 0.717) is 0 Å². The van der Waals surface area contributed by atoms with Gasteiger partial charge in [0, 0.05) is 19.2 Å². The van der Waals surface area contributed by atoms with E-state index in [2.05, 4.69) is 5.43 Å². The minimum absolute atomic E-state index is 0.822. The van der Waals surface area contributed by atoms with Crippen molar-refractivity contribution in [2.24, 2.45) is 0 Å². The highest BCUT2D eigenvalue weighted by Gasteiger charge is 2.03. The lowest BCUT2D eigenvalue weighted by Crippen LogP contribution is -2.38. The molecule has 0 aliphatic heterocycles. The number of thiocarbonyl (C=S) groups is 1. The molecule has 1 rings (SSSR count). The summed E-state index contributed by atoms with van der Waals surface area (Å²) in [5, 5.41) is 1.87. The molecule has 0 unspecified atom stereocenters. The fourth-order valence-electron chi connectivity index (χ4n) is 1.08. The molecular weight excluding hydrogens is 180 g/mol. The topological polar surface area (TPSA) is 15.3 Å². The van der Waals surface area contributed by atoms with Crippen molar-refractivity contribution in [2.45, 2.75) is 6.92 Å². The number of hydrazine groups is 1. The molecule has 13 heavy (non-hydrogen) atoms. The van der Waals surface area contributed by atoms with E-state index in [1.165, 1.54) is 0 Å². The maximum absolute atomic E-state index is 5.27. The molecule has 0 saturated carbocycles. The van der Waals surface area contributed by atoms with Crippen LogP contribution < -0.4 is 5.43 Å². The predicted molar refractivity (Wildman–Crippen MR) is 59.6 cm³/mol. The summed E-state index contributed by atoms with van der Waals surface area (Å²) >= 11 is 5.27. The monoisotopic (exact) mass is 194 g/mol. The normalized spacial score (nSPS) is 9.69. The molecule has 0 fully saturated rings. The van der Waals surface area contributed by atoms with Crippen LogP contribution in [-0.4, -0.2) is 23.6 Å². The predicted octanol–water partition coefficient (Wildman–Crippen LogP) is 1.82. The largest absolute Gasteiger partial charge is 0.301 e. The molecule has 0 aromatic heterocycles. The smallest absolute Gasteiger partial charge is 0.123 e. The number of rotatable bonds is 3. The Hall–Kier alpha value is -0.930. The van der Waals surface area contributed by atoms with Crippen LogP contribution >= 0.6 is 12.2 Å². The maximum atomic E-state index is 5.27. The van der Waals surface area contributed by atoms with Gasteiger partial charge >= 0.3 is 0 Å². The Morgan fingerprint density at radius 2 is 2.00 bits per heavy atom. The van der Waals surface area contributed by atoms with Crippen molar-refractivity contribution in [1.29, 1.82) is 0 Å². The van der Waals surface area contributed by atoms with Crippen LogP contribution in [-0.2, 0) is 0 Å². The molecule has 0 spiro atoms. The summed E-state index contributed by atoms with van der Waals surface area (Å²) in [5.41, 5.74) is 4.21. The first-order valence-electron chi connectivity index (χ1n) is 4.32. The number of hydrogen-bond acceptors (Lipinski definition) is 2. The van der Waals surface area contributed by atoms with Gasteiger partial charge in [0.25, 0.3) is 0 Å². The lowest BCUT2D eigenvalue weighted by Gasteiger charge is -2.19. The van der Waals surface area contributed by atoms with Crippen LogP contribution in [0.3, 0.4) is 0 Å². The lowest BCUT2D eigenvalue weighted by molar-refractivity contribution is 0.385. The summed E-state index contributed by atoms with van der Waals surface area (Å²) in [7, 11) is 1.93. The second-order valence-corrected chi connectivity index (χ2v) is 3.13. The second kappa shape index (κ2) is 4.94. The minimum Gasteiger partial charge on any atom is -0.301 e. The number of nitrogens with one attached hydrogen (secondary N) is 1. The van der Waals surface area contributed by atoms with Crippen molar-refractivity contribution in [3.8, 4) is 0 Å². The Balaban J connectivity index is 2.68. The van der Waals surface area contributed by atoms with Gasteiger partial charge in [0.15, 0.2) is 0 Å². The zero-order chi connectivity index (χ0) is 9.68. The molecule has 0 amide bonds. The first-order chi connectivity index (χ1) is 6.25.